The minimum Gasteiger partial charge on any atom is -0.462 e. The van der Waals surface area contributed by atoms with Crippen molar-refractivity contribution in [3.8, 4) is 0 Å². The molecule has 0 heterocycles. The number of alkyl halides is 1. The van der Waals surface area contributed by atoms with Crippen LogP contribution in [0.1, 0.15) is 40.5 Å². The second-order valence-electron chi connectivity index (χ2n) is 4.19. The molecule has 0 aliphatic carbocycles. The van der Waals surface area contributed by atoms with Gasteiger partial charge in [0.1, 0.15) is 11.7 Å². The first-order valence-electron chi connectivity index (χ1n) is 4.91. The monoisotopic (exact) mass is 205 g/mol. The lowest BCUT2D eigenvalue weighted by Gasteiger charge is -2.20. The molecule has 0 rings (SSSR count). The quantitative estimate of drug-likeness (QED) is 0.696. The summed E-state index contributed by atoms with van der Waals surface area (Å²) in [6.07, 6.45) is 0.566. The molecule has 0 saturated carbocycles. The third-order valence-corrected chi connectivity index (χ3v) is 1.90. The average molecular weight is 205 g/mol. The van der Waals surface area contributed by atoms with Crippen LogP contribution in [0.15, 0.2) is 0 Å². The van der Waals surface area contributed by atoms with E-state index in [-0.39, 0.29) is 12.5 Å². The van der Waals surface area contributed by atoms with E-state index in [1.807, 2.05) is 6.92 Å². The standard InChI is InChI=1S/C10H20FNO2/c1-5-7(2)14-9(13)8(12)6-10(3,4)11/h7-8H,5-6,12H2,1-4H3/t7?,8-/m0/s1. The van der Waals surface area contributed by atoms with Crippen molar-refractivity contribution in [1.82, 2.24) is 0 Å². The molecule has 0 aliphatic heterocycles. The second kappa shape index (κ2) is 5.29. The van der Waals surface area contributed by atoms with E-state index in [1.54, 1.807) is 6.92 Å². The van der Waals surface area contributed by atoms with Crippen LogP contribution < -0.4 is 5.73 Å². The van der Waals surface area contributed by atoms with Gasteiger partial charge in [0.25, 0.3) is 0 Å². The van der Waals surface area contributed by atoms with E-state index in [4.69, 9.17) is 10.5 Å². The minimum atomic E-state index is -1.44. The van der Waals surface area contributed by atoms with Crippen LogP contribution in [0.4, 0.5) is 4.39 Å². The number of ether oxygens (including phenoxy) is 1. The highest BCUT2D eigenvalue weighted by atomic mass is 19.1. The molecule has 2 N–H and O–H groups in total. The fourth-order valence-electron chi connectivity index (χ4n) is 0.975. The fourth-order valence-corrected chi connectivity index (χ4v) is 0.975. The van der Waals surface area contributed by atoms with Crippen molar-refractivity contribution in [3.05, 3.63) is 0 Å². The highest BCUT2D eigenvalue weighted by Crippen LogP contribution is 2.16. The summed E-state index contributed by atoms with van der Waals surface area (Å²) in [7, 11) is 0. The van der Waals surface area contributed by atoms with E-state index in [2.05, 4.69) is 0 Å². The molecular formula is C10H20FNO2. The van der Waals surface area contributed by atoms with Crippen molar-refractivity contribution >= 4 is 5.97 Å². The van der Waals surface area contributed by atoms with Gasteiger partial charge in [0.15, 0.2) is 0 Å². The zero-order valence-corrected chi connectivity index (χ0v) is 9.34. The molecule has 4 heteroatoms. The van der Waals surface area contributed by atoms with Crippen LogP contribution in [-0.4, -0.2) is 23.8 Å². The molecule has 0 aromatic heterocycles. The highest BCUT2D eigenvalue weighted by Gasteiger charge is 2.26. The van der Waals surface area contributed by atoms with Gasteiger partial charge in [-0.25, -0.2) is 4.39 Å². The van der Waals surface area contributed by atoms with Crippen molar-refractivity contribution < 1.29 is 13.9 Å². The molecule has 2 atom stereocenters. The first-order chi connectivity index (χ1) is 6.26. The Hall–Kier alpha value is -0.640. The number of hydrogen-bond donors (Lipinski definition) is 1. The van der Waals surface area contributed by atoms with E-state index in [9.17, 15) is 9.18 Å². The molecule has 0 radical (unpaired) electrons. The van der Waals surface area contributed by atoms with Gasteiger partial charge in [-0.2, -0.15) is 0 Å². The summed E-state index contributed by atoms with van der Waals surface area (Å²) < 4.78 is 18.1. The SMILES string of the molecule is CCC(C)OC(=O)[C@@H](N)CC(C)(C)F. The van der Waals surface area contributed by atoms with Crippen LogP contribution in [0.3, 0.4) is 0 Å². The minimum absolute atomic E-state index is 0.0116. The van der Waals surface area contributed by atoms with Crippen LogP contribution in [-0.2, 0) is 9.53 Å². The number of halogens is 1. The van der Waals surface area contributed by atoms with Gasteiger partial charge >= 0.3 is 5.97 Å². The van der Waals surface area contributed by atoms with E-state index < -0.39 is 17.7 Å². The Morgan fingerprint density at radius 3 is 2.43 bits per heavy atom. The molecule has 84 valence electrons. The van der Waals surface area contributed by atoms with Gasteiger partial charge in [-0.05, 0) is 27.2 Å². The summed E-state index contributed by atoms with van der Waals surface area (Å²) in [6.45, 7) is 6.47. The number of rotatable bonds is 5. The zero-order valence-electron chi connectivity index (χ0n) is 9.34. The van der Waals surface area contributed by atoms with Crippen LogP contribution in [0, 0.1) is 0 Å². The van der Waals surface area contributed by atoms with E-state index in [1.165, 1.54) is 13.8 Å². The Morgan fingerprint density at radius 2 is 2.07 bits per heavy atom. The summed E-state index contributed by atoms with van der Waals surface area (Å²) in [6, 6.07) is -0.871. The van der Waals surface area contributed by atoms with Gasteiger partial charge in [0.05, 0.1) is 6.10 Å². The molecule has 1 unspecified atom stereocenters. The van der Waals surface area contributed by atoms with Gasteiger partial charge < -0.3 is 10.5 Å². The lowest BCUT2D eigenvalue weighted by Crippen LogP contribution is -2.38. The highest BCUT2D eigenvalue weighted by molar-refractivity contribution is 5.75. The normalized spacial score (nSPS) is 16.1. The molecule has 0 spiro atoms. The second-order valence-corrected chi connectivity index (χ2v) is 4.19. The van der Waals surface area contributed by atoms with Gasteiger partial charge in [-0.15, -0.1) is 0 Å². The number of esters is 1. The van der Waals surface area contributed by atoms with Gasteiger partial charge in [-0.3, -0.25) is 4.79 Å². The zero-order chi connectivity index (χ0) is 11.4. The summed E-state index contributed by atoms with van der Waals surface area (Å²) >= 11 is 0. The van der Waals surface area contributed by atoms with Gasteiger partial charge in [0, 0.05) is 6.42 Å². The topological polar surface area (TPSA) is 52.3 Å². The Kier molecular flexibility index (Phi) is 5.05. The van der Waals surface area contributed by atoms with Crippen molar-refractivity contribution in [2.24, 2.45) is 5.73 Å². The summed E-state index contributed by atoms with van der Waals surface area (Å²) in [5.74, 6) is -0.523. The van der Waals surface area contributed by atoms with Crippen molar-refractivity contribution in [1.29, 1.82) is 0 Å². The van der Waals surface area contributed by atoms with Gasteiger partial charge in [-0.1, -0.05) is 6.92 Å². The third-order valence-electron chi connectivity index (χ3n) is 1.90. The number of carbonyl (C=O) groups is 1. The average Bonchev–Trinajstić information content (AvgIpc) is 2.00. The molecule has 0 fully saturated rings. The smallest absolute Gasteiger partial charge is 0.323 e. The molecule has 0 aliphatic rings. The van der Waals surface area contributed by atoms with Crippen LogP contribution in [0.2, 0.25) is 0 Å². The van der Waals surface area contributed by atoms with E-state index >= 15 is 0 Å². The largest absolute Gasteiger partial charge is 0.462 e. The van der Waals surface area contributed by atoms with Crippen molar-refractivity contribution in [2.45, 2.75) is 58.4 Å². The Bertz CT molecular complexity index is 189. The molecule has 14 heavy (non-hydrogen) atoms. The van der Waals surface area contributed by atoms with Crippen LogP contribution in [0.25, 0.3) is 0 Å². The molecular weight excluding hydrogens is 185 g/mol. The summed E-state index contributed by atoms with van der Waals surface area (Å²) in [4.78, 5) is 11.3. The fraction of sp³-hybridized carbons (Fsp3) is 0.900. The lowest BCUT2D eigenvalue weighted by atomic mass is 10.0. The summed E-state index contributed by atoms with van der Waals surface area (Å²) in [5, 5.41) is 0. The molecule has 3 nitrogen and oxygen atoms in total. The predicted molar refractivity (Wildman–Crippen MR) is 53.6 cm³/mol. The molecule has 0 aromatic carbocycles. The number of nitrogens with two attached hydrogens (primary N) is 1. The van der Waals surface area contributed by atoms with Crippen molar-refractivity contribution in [2.75, 3.05) is 0 Å². The van der Waals surface area contributed by atoms with E-state index in [0.29, 0.717) is 0 Å². The van der Waals surface area contributed by atoms with Crippen LogP contribution in [0.5, 0.6) is 0 Å². The number of carbonyl (C=O) groups excluding carboxylic acids is 1. The summed E-state index contributed by atoms with van der Waals surface area (Å²) in [5.41, 5.74) is 4.06. The molecule has 0 bridgehead atoms. The Morgan fingerprint density at radius 1 is 1.57 bits per heavy atom. The molecule has 0 aromatic rings. The molecule has 0 amide bonds. The van der Waals surface area contributed by atoms with Crippen LogP contribution >= 0.6 is 0 Å². The first kappa shape index (κ1) is 13.4. The maximum Gasteiger partial charge on any atom is 0.323 e. The van der Waals surface area contributed by atoms with E-state index in [0.717, 1.165) is 6.42 Å². The third kappa shape index (κ3) is 5.91. The Balaban J connectivity index is 4.00. The maximum atomic E-state index is 13.1. The molecule has 0 saturated heterocycles. The Labute approximate surface area is 84.8 Å². The first-order valence-corrected chi connectivity index (χ1v) is 4.91. The van der Waals surface area contributed by atoms with Gasteiger partial charge in [0.2, 0.25) is 0 Å². The lowest BCUT2D eigenvalue weighted by molar-refractivity contribution is -0.150. The maximum absolute atomic E-state index is 13.1. The number of hydrogen-bond acceptors (Lipinski definition) is 3. The van der Waals surface area contributed by atoms with Crippen molar-refractivity contribution in [3.63, 3.8) is 0 Å². The predicted octanol–water partition coefficient (Wildman–Crippen LogP) is 1.79.